The molecule has 464 valence electrons. The second-order valence-electron chi connectivity index (χ2n) is 22.2. The summed E-state index contributed by atoms with van der Waals surface area (Å²) in [5.41, 5.74) is 0. The average Bonchev–Trinajstić information content (AvgIpc) is 3.52. The van der Waals surface area contributed by atoms with Crippen molar-refractivity contribution in [1.82, 2.24) is 0 Å². The molecule has 2 heterocycles. The van der Waals surface area contributed by atoms with Crippen molar-refractivity contribution in [2.24, 2.45) is 0 Å². The molecule has 14 heteroatoms. The van der Waals surface area contributed by atoms with E-state index in [1.807, 2.05) is 0 Å². The van der Waals surface area contributed by atoms with Gasteiger partial charge in [-0.2, -0.15) is 0 Å². The molecule has 14 nitrogen and oxygen atoms in total. The van der Waals surface area contributed by atoms with Gasteiger partial charge in [-0.25, -0.2) is 0 Å². The molecule has 80 heavy (non-hydrogen) atoms. The lowest BCUT2D eigenvalue weighted by atomic mass is 9.98. The van der Waals surface area contributed by atoms with Crippen LogP contribution in [0.1, 0.15) is 239 Å². The molecule has 0 aromatic rings. The lowest BCUT2D eigenvalue weighted by molar-refractivity contribution is -0.332. The molecule has 0 aromatic heterocycles. The van der Waals surface area contributed by atoms with Gasteiger partial charge >= 0.3 is 5.97 Å². The SMILES string of the molecule is CC/C=C\C/C=C\C/C=C\C/C=C\C/C=C\C/C=C\CCCCCCCCCOCC(COC1OC(COC2OC(CO)C(O)C(O)C2O)C(O)C(O)C1O)OC(=O)CCCCCCCCCCCCCCCCCCCCCC. The fourth-order valence-corrected chi connectivity index (χ4v) is 9.88. The number of hydrogen-bond acceptors (Lipinski definition) is 14. The van der Waals surface area contributed by atoms with Gasteiger partial charge in [0.1, 0.15) is 54.9 Å². The molecule has 11 atom stereocenters. The molecule has 7 N–H and O–H groups in total. The summed E-state index contributed by atoms with van der Waals surface area (Å²) >= 11 is 0. The Hall–Kier alpha value is -2.57. The van der Waals surface area contributed by atoms with Crippen molar-refractivity contribution in [3.8, 4) is 0 Å². The van der Waals surface area contributed by atoms with Crippen LogP contribution in [0, 0.1) is 0 Å². The normalized spacial score (nSPS) is 24.3. The van der Waals surface area contributed by atoms with Crippen molar-refractivity contribution in [3.05, 3.63) is 72.9 Å². The highest BCUT2D eigenvalue weighted by Crippen LogP contribution is 2.27. The summed E-state index contributed by atoms with van der Waals surface area (Å²) < 4.78 is 34.5. The van der Waals surface area contributed by atoms with Crippen molar-refractivity contribution >= 4 is 5.97 Å². The van der Waals surface area contributed by atoms with Gasteiger partial charge in [-0.15, -0.1) is 0 Å². The van der Waals surface area contributed by atoms with Crippen molar-refractivity contribution in [1.29, 1.82) is 0 Å². The number of hydrogen-bond donors (Lipinski definition) is 7. The van der Waals surface area contributed by atoms with Crippen LogP contribution in [0.25, 0.3) is 0 Å². The first-order valence-corrected chi connectivity index (χ1v) is 32.0. The van der Waals surface area contributed by atoms with E-state index in [0.29, 0.717) is 13.0 Å². The molecular weight excluding hydrogens is 1020 g/mol. The minimum Gasteiger partial charge on any atom is -0.457 e. The summed E-state index contributed by atoms with van der Waals surface area (Å²) in [4.78, 5) is 13.1. The van der Waals surface area contributed by atoms with E-state index in [-0.39, 0.29) is 25.6 Å². The van der Waals surface area contributed by atoms with Gasteiger partial charge in [-0.1, -0.05) is 241 Å². The number of unbranched alkanes of at least 4 members (excludes halogenated alkanes) is 26. The molecule has 0 aromatic carbocycles. The zero-order valence-corrected chi connectivity index (χ0v) is 50.1. The number of rotatable bonds is 52. The molecule has 2 aliphatic heterocycles. The monoisotopic (exact) mass is 1130 g/mol. The minimum absolute atomic E-state index is 0.0528. The predicted octanol–water partition coefficient (Wildman–Crippen LogP) is 12.6. The average molecular weight is 1130 g/mol. The molecule has 2 aliphatic rings. The summed E-state index contributed by atoms with van der Waals surface area (Å²) in [6, 6.07) is 0. The number of ether oxygens (including phenoxy) is 6. The standard InChI is InChI=1S/C66H116O14/c1-3-5-7-9-11-13-15-17-19-21-23-25-26-27-28-29-30-32-34-36-38-40-42-44-46-48-50-75-52-55(78-58(68)49-47-45-43-41-39-37-35-33-31-24-22-20-18-16-14-12-10-8-6-4-2)53-76-65-64(74)62(72)60(70)57(80-65)54-77-66-63(73)61(71)59(69)56(51-67)79-66/h5,7,11,13,17,19,23,25,27-28,30,32,55-57,59-67,69-74H,3-4,6,8-10,12,14-16,18,20-22,24,26,29,31,33-54H2,1-2H3/b7-5-,13-11-,19-17-,25-23-,28-27-,32-30-. The Bertz CT molecular complexity index is 1600. The molecule has 0 amide bonds. The van der Waals surface area contributed by atoms with Gasteiger partial charge in [-0.05, 0) is 64.2 Å². The maximum absolute atomic E-state index is 13.1. The van der Waals surface area contributed by atoms with Gasteiger partial charge in [0, 0.05) is 13.0 Å². The summed E-state index contributed by atoms with van der Waals surface area (Å²) in [6.07, 6.45) is 51.0. The van der Waals surface area contributed by atoms with Crippen LogP contribution in [-0.2, 0) is 33.2 Å². The zero-order chi connectivity index (χ0) is 57.9. The van der Waals surface area contributed by atoms with Crippen LogP contribution in [0.3, 0.4) is 0 Å². The van der Waals surface area contributed by atoms with Gasteiger partial charge in [0.25, 0.3) is 0 Å². The number of carbonyl (C=O) groups is 1. The fourth-order valence-electron chi connectivity index (χ4n) is 9.88. The molecule has 0 saturated carbocycles. The summed E-state index contributed by atoms with van der Waals surface area (Å²) in [5.74, 6) is -0.378. The number of aliphatic hydroxyl groups excluding tert-OH is 7. The van der Waals surface area contributed by atoms with E-state index in [4.69, 9.17) is 28.4 Å². The molecular formula is C66H116O14. The molecule has 0 bridgehead atoms. The fraction of sp³-hybridized carbons (Fsp3) is 0.803. The van der Waals surface area contributed by atoms with E-state index >= 15 is 0 Å². The number of aliphatic hydroxyl groups is 7. The third-order valence-electron chi connectivity index (χ3n) is 15.0. The Labute approximate surface area is 485 Å². The van der Waals surface area contributed by atoms with Crippen LogP contribution in [0.5, 0.6) is 0 Å². The molecule has 11 unspecified atom stereocenters. The second-order valence-corrected chi connectivity index (χ2v) is 22.2. The minimum atomic E-state index is -1.71. The Morgan fingerprint density at radius 1 is 0.425 bits per heavy atom. The summed E-state index contributed by atoms with van der Waals surface area (Å²) in [5, 5.41) is 72.5. The van der Waals surface area contributed by atoms with Crippen LogP contribution in [0.15, 0.2) is 72.9 Å². The first-order valence-electron chi connectivity index (χ1n) is 32.0. The highest BCUT2D eigenvalue weighted by atomic mass is 16.7. The van der Waals surface area contributed by atoms with E-state index < -0.39 is 80.7 Å². The van der Waals surface area contributed by atoms with Crippen LogP contribution < -0.4 is 0 Å². The topological polar surface area (TPSA) is 214 Å². The highest BCUT2D eigenvalue weighted by molar-refractivity contribution is 5.69. The third-order valence-corrected chi connectivity index (χ3v) is 15.0. The van der Waals surface area contributed by atoms with Crippen LogP contribution in [0.2, 0.25) is 0 Å². The quantitative estimate of drug-likeness (QED) is 0.0172. The zero-order valence-electron chi connectivity index (χ0n) is 50.1. The second kappa shape index (κ2) is 52.0. The van der Waals surface area contributed by atoms with Crippen LogP contribution >= 0.6 is 0 Å². The number of carbonyl (C=O) groups excluding carboxylic acids is 1. The van der Waals surface area contributed by atoms with Gasteiger partial charge in [0.2, 0.25) is 0 Å². The van der Waals surface area contributed by atoms with Gasteiger partial charge in [0.05, 0.1) is 26.4 Å². The maximum atomic E-state index is 13.1. The van der Waals surface area contributed by atoms with E-state index in [9.17, 15) is 40.5 Å². The van der Waals surface area contributed by atoms with Crippen molar-refractivity contribution in [3.63, 3.8) is 0 Å². The van der Waals surface area contributed by atoms with Crippen molar-refractivity contribution in [2.75, 3.05) is 33.0 Å². The molecule has 0 radical (unpaired) electrons. The maximum Gasteiger partial charge on any atom is 0.306 e. The van der Waals surface area contributed by atoms with Gasteiger partial charge in [-0.3, -0.25) is 4.79 Å². The lowest BCUT2D eigenvalue weighted by Gasteiger charge is -2.42. The largest absolute Gasteiger partial charge is 0.457 e. The van der Waals surface area contributed by atoms with E-state index in [1.54, 1.807) is 0 Å². The smallest absolute Gasteiger partial charge is 0.306 e. The first kappa shape index (κ1) is 73.5. The lowest BCUT2D eigenvalue weighted by Crippen LogP contribution is -2.61. The van der Waals surface area contributed by atoms with E-state index in [0.717, 1.165) is 89.9 Å². The number of allylic oxidation sites excluding steroid dienone is 12. The third kappa shape index (κ3) is 37.6. The summed E-state index contributed by atoms with van der Waals surface area (Å²) in [7, 11) is 0. The Kier molecular flexibility index (Phi) is 47.8. The van der Waals surface area contributed by atoms with Crippen LogP contribution in [-0.4, -0.2) is 142 Å². The molecule has 2 fully saturated rings. The molecule has 2 saturated heterocycles. The van der Waals surface area contributed by atoms with Crippen molar-refractivity contribution in [2.45, 2.75) is 306 Å². The van der Waals surface area contributed by atoms with Crippen molar-refractivity contribution < 1.29 is 69.0 Å². The van der Waals surface area contributed by atoms with Gasteiger partial charge < -0.3 is 64.2 Å². The van der Waals surface area contributed by atoms with E-state index in [2.05, 4.69) is 86.8 Å². The molecule has 0 aliphatic carbocycles. The summed E-state index contributed by atoms with van der Waals surface area (Å²) in [6.45, 7) is 3.58. The molecule has 0 spiro atoms. The predicted molar refractivity (Wildman–Crippen MR) is 321 cm³/mol. The Morgan fingerprint density at radius 3 is 1.27 bits per heavy atom. The molecule has 2 rings (SSSR count). The Balaban J connectivity index is 1.68. The van der Waals surface area contributed by atoms with E-state index in [1.165, 1.54) is 122 Å². The first-order chi connectivity index (χ1) is 39.1. The number of esters is 1. The Morgan fingerprint density at radius 2 is 0.812 bits per heavy atom. The highest BCUT2D eigenvalue weighted by Gasteiger charge is 2.47. The van der Waals surface area contributed by atoms with Crippen LogP contribution in [0.4, 0.5) is 0 Å². The van der Waals surface area contributed by atoms with Gasteiger partial charge in [0.15, 0.2) is 12.6 Å².